The Morgan fingerprint density at radius 3 is 2.42 bits per heavy atom. The van der Waals surface area contributed by atoms with E-state index in [1.807, 2.05) is 41.2 Å². The van der Waals surface area contributed by atoms with E-state index in [0.717, 1.165) is 22.2 Å². The van der Waals surface area contributed by atoms with Crippen LogP contribution < -0.4 is 0 Å². The van der Waals surface area contributed by atoms with Gasteiger partial charge in [0.25, 0.3) is 11.8 Å². The minimum absolute atomic E-state index is 0.00356. The Morgan fingerprint density at radius 1 is 1.08 bits per heavy atom. The third-order valence-electron chi connectivity index (χ3n) is 5.04. The molecular formula is C19H20N4O2S. The predicted molar refractivity (Wildman–Crippen MR) is 102 cm³/mol. The molecule has 1 fully saturated rings. The molecule has 3 aromatic rings. The molecule has 0 radical (unpaired) electrons. The average Bonchev–Trinajstić information content (AvgIpc) is 3.27. The van der Waals surface area contributed by atoms with Gasteiger partial charge in [-0.15, -0.1) is 11.3 Å². The number of nitrogens with zero attached hydrogens (tertiary/aromatic N) is 3. The van der Waals surface area contributed by atoms with E-state index in [0.29, 0.717) is 31.7 Å². The molecule has 0 bridgehead atoms. The van der Waals surface area contributed by atoms with Crippen LogP contribution in [-0.4, -0.2) is 57.8 Å². The number of imidazole rings is 1. The van der Waals surface area contributed by atoms with E-state index in [1.165, 1.54) is 4.88 Å². The maximum atomic E-state index is 12.8. The Morgan fingerprint density at radius 2 is 1.77 bits per heavy atom. The van der Waals surface area contributed by atoms with E-state index in [-0.39, 0.29) is 11.8 Å². The number of hydrogen-bond donors (Lipinski definition) is 1. The van der Waals surface area contributed by atoms with Crippen molar-refractivity contribution in [2.45, 2.75) is 13.8 Å². The molecular weight excluding hydrogens is 348 g/mol. The van der Waals surface area contributed by atoms with Gasteiger partial charge in [-0.2, -0.15) is 0 Å². The quantitative estimate of drug-likeness (QED) is 0.756. The predicted octanol–water partition coefficient (Wildman–Crippen LogP) is 2.84. The van der Waals surface area contributed by atoms with Gasteiger partial charge in [0.15, 0.2) is 0 Å². The summed E-state index contributed by atoms with van der Waals surface area (Å²) in [7, 11) is 0. The summed E-state index contributed by atoms with van der Waals surface area (Å²) in [5, 5.41) is 1.93. The fourth-order valence-electron chi connectivity index (χ4n) is 3.26. The lowest BCUT2D eigenvalue weighted by Crippen LogP contribution is -2.50. The Bertz CT molecular complexity index is 983. The topological polar surface area (TPSA) is 69.3 Å². The summed E-state index contributed by atoms with van der Waals surface area (Å²) in [5.74, 6) is 0.0639. The SMILES string of the molecule is Cc1scc(C(=O)N2CCN(C(=O)c3ccc4nc[nH]c4c3)CC2)c1C. The molecule has 2 amide bonds. The van der Waals surface area contributed by atoms with Crippen LogP contribution >= 0.6 is 11.3 Å². The van der Waals surface area contributed by atoms with Crippen LogP contribution in [0, 0.1) is 13.8 Å². The van der Waals surface area contributed by atoms with Gasteiger partial charge in [0.1, 0.15) is 0 Å². The summed E-state index contributed by atoms with van der Waals surface area (Å²) in [6.45, 7) is 6.24. The first-order chi connectivity index (χ1) is 12.5. The zero-order valence-corrected chi connectivity index (χ0v) is 15.6. The Hall–Kier alpha value is -2.67. The van der Waals surface area contributed by atoms with E-state index in [9.17, 15) is 9.59 Å². The molecule has 134 valence electrons. The largest absolute Gasteiger partial charge is 0.345 e. The second-order valence-electron chi connectivity index (χ2n) is 6.55. The lowest BCUT2D eigenvalue weighted by molar-refractivity contribution is 0.0535. The van der Waals surface area contributed by atoms with Gasteiger partial charge < -0.3 is 14.8 Å². The Labute approximate surface area is 155 Å². The second-order valence-corrected chi connectivity index (χ2v) is 7.63. The number of fused-ring (bicyclic) bond motifs is 1. The Balaban J connectivity index is 1.43. The van der Waals surface area contributed by atoms with Crippen LogP contribution in [0.2, 0.25) is 0 Å². The molecule has 1 saturated heterocycles. The summed E-state index contributed by atoms with van der Waals surface area (Å²) in [6, 6.07) is 5.49. The number of aryl methyl sites for hydroxylation is 1. The van der Waals surface area contributed by atoms with Crippen molar-refractivity contribution in [2.24, 2.45) is 0 Å². The van der Waals surface area contributed by atoms with Crippen molar-refractivity contribution in [3.05, 3.63) is 51.5 Å². The first kappa shape index (κ1) is 16.8. The van der Waals surface area contributed by atoms with Crippen molar-refractivity contribution in [3.63, 3.8) is 0 Å². The molecule has 2 aromatic heterocycles. The van der Waals surface area contributed by atoms with Crippen LogP contribution in [0.5, 0.6) is 0 Å². The van der Waals surface area contributed by atoms with Crippen molar-refractivity contribution in [1.29, 1.82) is 0 Å². The maximum absolute atomic E-state index is 12.8. The molecule has 0 aliphatic carbocycles. The number of thiophene rings is 1. The fraction of sp³-hybridized carbons (Fsp3) is 0.316. The lowest BCUT2D eigenvalue weighted by atomic mass is 10.1. The highest BCUT2D eigenvalue weighted by Gasteiger charge is 2.27. The highest BCUT2D eigenvalue weighted by Crippen LogP contribution is 2.23. The summed E-state index contributed by atoms with van der Waals surface area (Å²) in [4.78, 5) is 37.5. The molecule has 7 heteroatoms. The number of nitrogens with one attached hydrogen (secondary N) is 1. The van der Waals surface area contributed by atoms with Crippen molar-refractivity contribution in [2.75, 3.05) is 26.2 Å². The molecule has 6 nitrogen and oxygen atoms in total. The average molecular weight is 368 g/mol. The van der Waals surface area contributed by atoms with Gasteiger partial charge in [-0.1, -0.05) is 0 Å². The van der Waals surface area contributed by atoms with Crippen LogP contribution in [0.15, 0.2) is 29.9 Å². The zero-order chi connectivity index (χ0) is 18.3. The molecule has 1 aliphatic heterocycles. The number of amides is 2. The van der Waals surface area contributed by atoms with Crippen LogP contribution in [-0.2, 0) is 0 Å². The molecule has 0 saturated carbocycles. The normalized spacial score (nSPS) is 14.8. The van der Waals surface area contributed by atoms with Gasteiger partial charge in [0, 0.05) is 42.0 Å². The minimum Gasteiger partial charge on any atom is -0.345 e. The van der Waals surface area contributed by atoms with Gasteiger partial charge in [-0.25, -0.2) is 4.98 Å². The molecule has 0 unspecified atom stereocenters. The van der Waals surface area contributed by atoms with E-state index in [1.54, 1.807) is 23.7 Å². The molecule has 0 atom stereocenters. The summed E-state index contributed by atoms with van der Waals surface area (Å²) in [6.07, 6.45) is 1.62. The van der Waals surface area contributed by atoms with Crippen molar-refractivity contribution >= 4 is 34.2 Å². The molecule has 1 aliphatic rings. The number of aromatic nitrogens is 2. The number of H-pyrrole nitrogens is 1. The maximum Gasteiger partial charge on any atom is 0.255 e. The van der Waals surface area contributed by atoms with Crippen LogP contribution in [0.3, 0.4) is 0 Å². The number of hydrogen-bond acceptors (Lipinski definition) is 4. The number of rotatable bonds is 2. The van der Waals surface area contributed by atoms with Gasteiger partial charge in [-0.3, -0.25) is 9.59 Å². The third-order valence-corrected chi connectivity index (χ3v) is 6.05. The van der Waals surface area contributed by atoms with E-state index in [4.69, 9.17) is 0 Å². The highest BCUT2D eigenvalue weighted by atomic mass is 32.1. The van der Waals surface area contributed by atoms with Crippen LogP contribution in [0.4, 0.5) is 0 Å². The van der Waals surface area contributed by atoms with Gasteiger partial charge in [-0.05, 0) is 37.6 Å². The van der Waals surface area contributed by atoms with Crippen LogP contribution in [0.1, 0.15) is 31.2 Å². The molecule has 4 rings (SSSR count). The van der Waals surface area contributed by atoms with E-state index >= 15 is 0 Å². The molecule has 0 spiro atoms. The van der Waals surface area contributed by atoms with Crippen LogP contribution in [0.25, 0.3) is 11.0 Å². The number of aromatic amines is 1. The molecule has 1 aromatic carbocycles. The van der Waals surface area contributed by atoms with Gasteiger partial charge >= 0.3 is 0 Å². The first-order valence-electron chi connectivity index (χ1n) is 8.61. The number of benzene rings is 1. The molecule has 1 N–H and O–H groups in total. The summed E-state index contributed by atoms with van der Waals surface area (Å²) >= 11 is 1.61. The summed E-state index contributed by atoms with van der Waals surface area (Å²) < 4.78 is 0. The second kappa shape index (κ2) is 6.57. The van der Waals surface area contributed by atoms with Crippen molar-refractivity contribution < 1.29 is 9.59 Å². The van der Waals surface area contributed by atoms with Gasteiger partial charge in [0.05, 0.1) is 22.9 Å². The minimum atomic E-state index is -0.00356. The van der Waals surface area contributed by atoms with Gasteiger partial charge in [0.2, 0.25) is 0 Å². The smallest absolute Gasteiger partial charge is 0.255 e. The first-order valence-corrected chi connectivity index (χ1v) is 9.49. The van der Waals surface area contributed by atoms with Crippen molar-refractivity contribution in [3.8, 4) is 0 Å². The van der Waals surface area contributed by atoms with E-state index in [2.05, 4.69) is 9.97 Å². The summed E-state index contributed by atoms with van der Waals surface area (Å²) in [5.41, 5.74) is 4.19. The van der Waals surface area contributed by atoms with E-state index < -0.39 is 0 Å². The third kappa shape index (κ3) is 2.88. The fourth-order valence-corrected chi connectivity index (χ4v) is 4.12. The number of piperazine rings is 1. The molecule has 26 heavy (non-hydrogen) atoms. The zero-order valence-electron chi connectivity index (χ0n) is 14.8. The number of carbonyl (C=O) groups is 2. The van der Waals surface area contributed by atoms with Crippen molar-refractivity contribution in [1.82, 2.24) is 19.8 Å². The molecule has 3 heterocycles. The monoisotopic (exact) mass is 368 g/mol. The number of carbonyl (C=O) groups excluding carboxylic acids is 2. The Kier molecular flexibility index (Phi) is 4.24. The lowest BCUT2D eigenvalue weighted by Gasteiger charge is -2.34. The highest BCUT2D eigenvalue weighted by molar-refractivity contribution is 7.10. The standard InChI is InChI=1S/C19H20N4O2S/c1-12-13(2)26-10-15(12)19(25)23-7-5-22(6-8-23)18(24)14-3-4-16-17(9-14)21-11-20-16/h3-4,9-11H,5-8H2,1-2H3,(H,20,21).